The number of carbonyl (C=O) groups excluding carboxylic acids is 1. The topological polar surface area (TPSA) is 49.3 Å². The van der Waals surface area contributed by atoms with Gasteiger partial charge >= 0.3 is 6.18 Å². The second-order valence-corrected chi connectivity index (χ2v) is 4.32. The molecule has 0 fully saturated rings. The highest BCUT2D eigenvalue weighted by atomic mass is 19.4. The van der Waals surface area contributed by atoms with Crippen LogP contribution in [0.15, 0.2) is 24.3 Å². The number of halogens is 3. The number of nitrogens with one attached hydrogen (secondary N) is 1. The van der Waals surface area contributed by atoms with Crippen molar-refractivity contribution in [2.45, 2.75) is 32.0 Å². The molecule has 1 aromatic carbocycles. The highest BCUT2D eigenvalue weighted by molar-refractivity contribution is 5.78. The molecule has 0 aliphatic heterocycles. The van der Waals surface area contributed by atoms with Gasteiger partial charge in [-0.15, -0.1) is 0 Å². The lowest BCUT2D eigenvalue weighted by Crippen LogP contribution is -2.28. The molecule has 0 saturated carbocycles. The molecule has 1 rings (SSSR count). The number of amides is 1. The van der Waals surface area contributed by atoms with E-state index >= 15 is 0 Å². The second-order valence-electron chi connectivity index (χ2n) is 4.32. The quantitative estimate of drug-likeness (QED) is 0.865. The van der Waals surface area contributed by atoms with Gasteiger partial charge in [0.1, 0.15) is 0 Å². The molecular formula is C13H16F3NO2. The number of hydrogen-bond donors (Lipinski definition) is 2. The van der Waals surface area contributed by atoms with Crippen LogP contribution in [0.1, 0.15) is 24.5 Å². The molecule has 1 aromatic rings. The minimum atomic E-state index is -4.46. The van der Waals surface area contributed by atoms with E-state index in [1.807, 2.05) is 0 Å². The lowest BCUT2D eigenvalue weighted by Gasteiger charge is -2.12. The molecule has 106 valence electrons. The van der Waals surface area contributed by atoms with Gasteiger partial charge in [-0.3, -0.25) is 4.79 Å². The zero-order chi connectivity index (χ0) is 14.5. The molecule has 0 radical (unpaired) electrons. The molecule has 6 heteroatoms. The van der Waals surface area contributed by atoms with Gasteiger partial charge in [-0.1, -0.05) is 18.2 Å². The van der Waals surface area contributed by atoms with E-state index in [2.05, 4.69) is 5.32 Å². The highest BCUT2D eigenvalue weighted by Crippen LogP contribution is 2.31. The van der Waals surface area contributed by atoms with E-state index < -0.39 is 23.8 Å². The lowest BCUT2D eigenvalue weighted by molar-refractivity contribution is -0.138. The predicted octanol–water partition coefficient (Wildman–Crippen LogP) is 2.13. The molecule has 0 aromatic heterocycles. The minimum Gasteiger partial charge on any atom is -0.393 e. The van der Waals surface area contributed by atoms with Crippen LogP contribution in [-0.2, 0) is 17.4 Å². The number of aliphatic hydroxyl groups excluding tert-OH is 1. The molecule has 0 spiro atoms. The summed E-state index contributed by atoms with van der Waals surface area (Å²) in [7, 11) is 0. The van der Waals surface area contributed by atoms with Crippen molar-refractivity contribution in [3.05, 3.63) is 35.4 Å². The van der Waals surface area contributed by atoms with Crippen LogP contribution in [0.3, 0.4) is 0 Å². The first-order valence-corrected chi connectivity index (χ1v) is 5.90. The maximum absolute atomic E-state index is 12.7. The van der Waals surface area contributed by atoms with Crippen molar-refractivity contribution in [2.75, 3.05) is 6.54 Å². The molecule has 0 bridgehead atoms. The molecule has 2 N–H and O–H groups in total. The number of carbonyl (C=O) groups is 1. The molecule has 0 aliphatic carbocycles. The number of aliphatic hydroxyl groups is 1. The van der Waals surface area contributed by atoms with Gasteiger partial charge < -0.3 is 10.4 Å². The van der Waals surface area contributed by atoms with Crippen molar-refractivity contribution in [3.63, 3.8) is 0 Å². The first kappa shape index (κ1) is 15.5. The van der Waals surface area contributed by atoms with Crippen molar-refractivity contribution in [3.8, 4) is 0 Å². The van der Waals surface area contributed by atoms with Gasteiger partial charge in [0.25, 0.3) is 0 Å². The van der Waals surface area contributed by atoms with Crippen LogP contribution in [0.2, 0.25) is 0 Å². The van der Waals surface area contributed by atoms with Crippen LogP contribution in [-0.4, -0.2) is 23.7 Å². The highest BCUT2D eigenvalue weighted by Gasteiger charge is 2.33. The zero-order valence-corrected chi connectivity index (χ0v) is 10.5. The van der Waals surface area contributed by atoms with Gasteiger partial charge in [0.15, 0.2) is 0 Å². The predicted molar refractivity (Wildman–Crippen MR) is 64.5 cm³/mol. The summed E-state index contributed by atoms with van der Waals surface area (Å²) in [5.74, 6) is -0.489. The zero-order valence-electron chi connectivity index (χ0n) is 10.5. The summed E-state index contributed by atoms with van der Waals surface area (Å²) in [6, 6.07) is 5.00. The Labute approximate surface area is 109 Å². The van der Waals surface area contributed by atoms with Gasteiger partial charge in [0, 0.05) is 6.54 Å². The Hall–Kier alpha value is -1.56. The van der Waals surface area contributed by atoms with Gasteiger partial charge in [0.2, 0.25) is 5.91 Å². The Kier molecular flexibility index (Phi) is 5.35. The third kappa shape index (κ3) is 5.30. The van der Waals surface area contributed by atoms with Crippen molar-refractivity contribution in [1.29, 1.82) is 0 Å². The Morgan fingerprint density at radius 3 is 2.58 bits per heavy atom. The largest absolute Gasteiger partial charge is 0.416 e. The van der Waals surface area contributed by atoms with Crippen LogP contribution >= 0.6 is 0 Å². The molecule has 1 amide bonds. The van der Waals surface area contributed by atoms with E-state index in [9.17, 15) is 18.0 Å². The summed E-state index contributed by atoms with van der Waals surface area (Å²) in [4.78, 5) is 11.5. The van der Waals surface area contributed by atoms with Gasteiger partial charge in [-0.05, 0) is 25.0 Å². The molecule has 0 saturated heterocycles. The Morgan fingerprint density at radius 2 is 2.00 bits per heavy atom. The summed E-state index contributed by atoms with van der Waals surface area (Å²) < 4.78 is 38.1. The number of hydrogen-bond acceptors (Lipinski definition) is 2. The van der Waals surface area contributed by atoms with E-state index in [4.69, 9.17) is 5.11 Å². The Morgan fingerprint density at radius 1 is 1.37 bits per heavy atom. The average Bonchev–Trinajstić information content (AvgIpc) is 2.27. The third-order valence-electron chi connectivity index (χ3n) is 2.56. The van der Waals surface area contributed by atoms with Crippen LogP contribution in [0.25, 0.3) is 0 Å². The molecule has 1 atom stereocenters. The smallest absolute Gasteiger partial charge is 0.393 e. The average molecular weight is 275 g/mol. The van der Waals surface area contributed by atoms with E-state index in [1.165, 1.54) is 18.2 Å². The van der Waals surface area contributed by atoms with E-state index in [1.54, 1.807) is 6.92 Å². The van der Waals surface area contributed by atoms with Crippen molar-refractivity contribution >= 4 is 5.91 Å². The maximum Gasteiger partial charge on any atom is 0.416 e. The summed E-state index contributed by atoms with van der Waals surface area (Å²) in [6.45, 7) is 1.82. The summed E-state index contributed by atoms with van der Waals surface area (Å²) in [5.41, 5.74) is -0.842. The fourth-order valence-corrected chi connectivity index (χ4v) is 1.61. The van der Waals surface area contributed by atoms with Crippen LogP contribution in [0.5, 0.6) is 0 Å². The first-order valence-electron chi connectivity index (χ1n) is 5.90. The number of rotatable bonds is 5. The molecular weight excluding hydrogens is 259 g/mol. The summed E-state index contributed by atoms with van der Waals surface area (Å²) >= 11 is 0. The van der Waals surface area contributed by atoms with E-state index in [0.29, 0.717) is 6.42 Å². The van der Waals surface area contributed by atoms with E-state index in [-0.39, 0.29) is 18.5 Å². The second kappa shape index (κ2) is 6.56. The SMILES string of the molecule is CC(O)CCNC(=O)Cc1ccccc1C(F)(F)F. The van der Waals surface area contributed by atoms with Crippen molar-refractivity contribution in [2.24, 2.45) is 0 Å². The van der Waals surface area contributed by atoms with Crippen molar-refractivity contribution < 1.29 is 23.1 Å². The van der Waals surface area contributed by atoms with Gasteiger partial charge in [-0.25, -0.2) is 0 Å². The molecule has 19 heavy (non-hydrogen) atoms. The maximum atomic E-state index is 12.7. The monoisotopic (exact) mass is 275 g/mol. The Balaban J connectivity index is 2.64. The lowest BCUT2D eigenvalue weighted by atomic mass is 10.0. The van der Waals surface area contributed by atoms with E-state index in [0.717, 1.165) is 6.07 Å². The fourth-order valence-electron chi connectivity index (χ4n) is 1.61. The number of alkyl halides is 3. The Bertz CT molecular complexity index is 430. The molecule has 0 heterocycles. The molecule has 1 unspecified atom stereocenters. The van der Waals surface area contributed by atoms with Gasteiger partial charge in [0.05, 0.1) is 18.1 Å². The fraction of sp³-hybridized carbons (Fsp3) is 0.462. The van der Waals surface area contributed by atoms with Crippen LogP contribution < -0.4 is 5.32 Å². The van der Waals surface area contributed by atoms with Gasteiger partial charge in [-0.2, -0.15) is 13.2 Å². The third-order valence-corrected chi connectivity index (χ3v) is 2.56. The van der Waals surface area contributed by atoms with Crippen LogP contribution in [0, 0.1) is 0 Å². The number of benzene rings is 1. The molecule has 0 aliphatic rings. The molecule has 3 nitrogen and oxygen atoms in total. The normalized spacial score (nSPS) is 13.1. The minimum absolute atomic E-state index is 0.0513. The summed E-state index contributed by atoms with van der Waals surface area (Å²) in [5, 5.41) is 11.5. The first-order chi connectivity index (χ1) is 8.80. The summed E-state index contributed by atoms with van der Waals surface area (Å²) in [6.07, 6.45) is -4.97. The van der Waals surface area contributed by atoms with Crippen molar-refractivity contribution in [1.82, 2.24) is 5.32 Å². The standard InChI is InChI=1S/C13H16F3NO2/c1-9(18)6-7-17-12(19)8-10-4-2-3-5-11(10)13(14,15)16/h2-5,9,18H,6-8H2,1H3,(H,17,19). The van der Waals surface area contributed by atoms with Crippen LogP contribution in [0.4, 0.5) is 13.2 Å².